The van der Waals surface area contributed by atoms with Crippen LogP contribution in [0, 0.1) is 13.8 Å². The average Bonchev–Trinajstić information content (AvgIpc) is 2.98. The fourth-order valence-corrected chi connectivity index (χ4v) is 3.57. The highest BCUT2D eigenvalue weighted by atomic mass is 35.5. The van der Waals surface area contributed by atoms with E-state index in [1.165, 1.54) is 25.3 Å². The first-order valence-corrected chi connectivity index (χ1v) is 9.88. The molecule has 0 bridgehead atoms. The van der Waals surface area contributed by atoms with Crippen LogP contribution in [0.25, 0.3) is 0 Å². The van der Waals surface area contributed by atoms with Crippen molar-refractivity contribution in [3.63, 3.8) is 0 Å². The van der Waals surface area contributed by atoms with Gasteiger partial charge < -0.3 is 14.8 Å². The maximum absolute atomic E-state index is 12.8. The van der Waals surface area contributed by atoms with E-state index in [0.717, 1.165) is 0 Å². The van der Waals surface area contributed by atoms with Crippen molar-refractivity contribution in [3.8, 4) is 11.5 Å². The topological polar surface area (TPSA) is 65.4 Å². The molecule has 6 nitrogen and oxygen atoms in total. The van der Waals surface area contributed by atoms with Gasteiger partial charge in [-0.15, -0.1) is 0 Å². The summed E-state index contributed by atoms with van der Waals surface area (Å²) in [6.45, 7) is 0.888. The smallest absolute Gasteiger partial charge is 0.387 e. The molecular weight excluding hydrogens is 451 g/mol. The van der Waals surface area contributed by atoms with E-state index < -0.39 is 12.5 Å². The predicted molar refractivity (Wildman–Crippen MR) is 115 cm³/mol. The number of benzene rings is 2. The number of ether oxygens (including phenoxy) is 2. The molecule has 0 radical (unpaired) electrons. The second-order valence-electron chi connectivity index (χ2n) is 6.60. The highest BCUT2D eigenvalue weighted by Crippen LogP contribution is 2.31. The number of aryl methyl sites for hydroxylation is 1. The Morgan fingerprint density at radius 1 is 1.16 bits per heavy atom. The second kappa shape index (κ2) is 9.53. The summed E-state index contributed by atoms with van der Waals surface area (Å²) in [4.78, 5) is 12.8. The molecule has 1 heterocycles. The summed E-state index contributed by atoms with van der Waals surface area (Å²) < 4.78 is 36.1. The average molecular weight is 470 g/mol. The Hall–Kier alpha value is -2.84. The van der Waals surface area contributed by atoms with Gasteiger partial charge in [-0.3, -0.25) is 9.48 Å². The van der Waals surface area contributed by atoms with Gasteiger partial charge in [-0.2, -0.15) is 13.9 Å². The van der Waals surface area contributed by atoms with Crippen molar-refractivity contribution in [3.05, 3.63) is 69.0 Å². The number of alkyl halides is 2. The van der Waals surface area contributed by atoms with Crippen molar-refractivity contribution in [1.29, 1.82) is 0 Å². The Bertz CT molecular complexity index is 1100. The Balaban J connectivity index is 1.84. The molecule has 0 aliphatic carbocycles. The van der Waals surface area contributed by atoms with Gasteiger partial charge in [0.15, 0.2) is 11.5 Å². The van der Waals surface area contributed by atoms with E-state index in [1.807, 2.05) is 0 Å². The maximum atomic E-state index is 12.8. The summed E-state index contributed by atoms with van der Waals surface area (Å²) in [5, 5.41) is 8.32. The van der Waals surface area contributed by atoms with Crippen LogP contribution in [-0.2, 0) is 6.54 Å². The van der Waals surface area contributed by atoms with Crippen LogP contribution in [0.5, 0.6) is 11.5 Å². The lowest BCUT2D eigenvalue weighted by Crippen LogP contribution is -2.14. The van der Waals surface area contributed by atoms with Gasteiger partial charge in [0.05, 0.1) is 30.7 Å². The zero-order valence-corrected chi connectivity index (χ0v) is 18.4. The summed E-state index contributed by atoms with van der Waals surface area (Å²) in [5.41, 5.74) is 2.75. The number of nitrogens with one attached hydrogen (secondary N) is 1. The van der Waals surface area contributed by atoms with Crippen molar-refractivity contribution < 1.29 is 23.0 Å². The molecule has 0 fully saturated rings. The van der Waals surface area contributed by atoms with Crippen LogP contribution >= 0.6 is 23.2 Å². The molecule has 0 atom stereocenters. The van der Waals surface area contributed by atoms with E-state index in [1.54, 1.807) is 36.7 Å². The first kappa shape index (κ1) is 22.8. The van der Waals surface area contributed by atoms with E-state index in [-0.39, 0.29) is 17.1 Å². The lowest BCUT2D eigenvalue weighted by molar-refractivity contribution is -0.0512. The summed E-state index contributed by atoms with van der Waals surface area (Å²) in [6.07, 6.45) is 0. The third kappa shape index (κ3) is 5.08. The van der Waals surface area contributed by atoms with E-state index in [2.05, 4.69) is 15.2 Å². The molecule has 1 N–H and O–H groups in total. The molecule has 0 saturated heterocycles. The Labute approximate surface area is 187 Å². The van der Waals surface area contributed by atoms with E-state index in [0.29, 0.717) is 39.2 Å². The van der Waals surface area contributed by atoms with Crippen LogP contribution in [0.1, 0.15) is 27.3 Å². The van der Waals surface area contributed by atoms with Crippen LogP contribution in [0.15, 0.2) is 36.4 Å². The third-order valence-corrected chi connectivity index (χ3v) is 5.34. The standard InChI is InChI=1S/C21H19Cl2F2N3O3/c1-11-19(12(2)28(27-11)10-14-15(22)5-4-6-16(14)23)26-20(29)13-7-8-17(31-21(24)25)18(9-13)30-3/h4-9,21H,10H2,1-3H3,(H,26,29). The van der Waals surface area contributed by atoms with Gasteiger partial charge in [-0.05, 0) is 44.2 Å². The number of anilines is 1. The first-order valence-electron chi connectivity index (χ1n) is 9.12. The van der Waals surface area contributed by atoms with Gasteiger partial charge in [0.2, 0.25) is 0 Å². The van der Waals surface area contributed by atoms with Crippen LogP contribution < -0.4 is 14.8 Å². The highest BCUT2D eigenvalue weighted by molar-refractivity contribution is 6.36. The van der Waals surface area contributed by atoms with Crippen molar-refractivity contribution >= 4 is 34.8 Å². The van der Waals surface area contributed by atoms with Crippen molar-refractivity contribution in [2.75, 3.05) is 12.4 Å². The van der Waals surface area contributed by atoms with E-state index in [4.69, 9.17) is 27.9 Å². The SMILES string of the molecule is COc1cc(C(=O)Nc2c(C)nn(Cc3c(Cl)cccc3Cl)c2C)ccc1OC(F)F. The lowest BCUT2D eigenvalue weighted by Gasteiger charge is -2.12. The summed E-state index contributed by atoms with van der Waals surface area (Å²) in [5.74, 6) is -0.597. The molecule has 2 aromatic carbocycles. The summed E-state index contributed by atoms with van der Waals surface area (Å²) in [6, 6.07) is 9.19. The minimum atomic E-state index is -3.00. The third-order valence-electron chi connectivity index (χ3n) is 4.63. The molecule has 3 rings (SSSR count). The number of amides is 1. The summed E-state index contributed by atoms with van der Waals surface area (Å²) >= 11 is 12.5. The number of nitrogens with zero attached hydrogens (tertiary/aromatic N) is 2. The zero-order chi connectivity index (χ0) is 22.7. The normalized spacial score (nSPS) is 11.0. The number of aromatic nitrogens is 2. The molecule has 0 aliphatic rings. The molecule has 0 saturated carbocycles. The van der Waals surface area contributed by atoms with Gasteiger partial charge in [-0.1, -0.05) is 29.3 Å². The fraction of sp³-hybridized carbons (Fsp3) is 0.238. The number of hydrogen-bond acceptors (Lipinski definition) is 4. The number of rotatable bonds is 7. The molecule has 3 aromatic rings. The largest absolute Gasteiger partial charge is 0.493 e. The van der Waals surface area contributed by atoms with Gasteiger partial charge in [0.25, 0.3) is 5.91 Å². The molecule has 1 aromatic heterocycles. The first-order chi connectivity index (χ1) is 14.7. The number of carbonyl (C=O) groups is 1. The van der Waals surface area contributed by atoms with E-state index in [9.17, 15) is 13.6 Å². The Kier molecular flexibility index (Phi) is 7.02. The lowest BCUT2D eigenvalue weighted by atomic mass is 10.1. The quantitative estimate of drug-likeness (QED) is 0.480. The van der Waals surface area contributed by atoms with Crippen molar-refractivity contribution in [2.24, 2.45) is 0 Å². The molecule has 164 valence electrons. The Morgan fingerprint density at radius 2 is 1.84 bits per heavy atom. The van der Waals surface area contributed by atoms with Crippen LogP contribution in [0.2, 0.25) is 10.0 Å². The Morgan fingerprint density at radius 3 is 2.45 bits per heavy atom. The molecular formula is C21H19Cl2F2N3O3. The molecule has 1 amide bonds. The number of methoxy groups -OCH3 is 1. The van der Waals surface area contributed by atoms with Gasteiger partial charge in [-0.25, -0.2) is 0 Å². The maximum Gasteiger partial charge on any atom is 0.387 e. The van der Waals surface area contributed by atoms with Gasteiger partial charge >= 0.3 is 6.61 Å². The predicted octanol–water partition coefficient (Wildman–Crippen LogP) is 5.72. The molecule has 0 spiro atoms. The molecule has 31 heavy (non-hydrogen) atoms. The van der Waals surface area contributed by atoms with Crippen molar-refractivity contribution in [2.45, 2.75) is 27.0 Å². The fourth-order valence-electron chi connectivity index (χ4n) is 3.05. The minimum Gasteiger partial charge on any atom is -0.493 e. The molecule has 0 aliphatic heterocycles. The van der Waals surface area contributed by atoms with Crippen LogP contribution in [-0.4, -0.2) is 29.4 Å². The number of carbonyl (C=O) groups excluding carboxylic acids is 1. The van der Waals surface area contributed by atoms with Gasteiger partial charge in [0.1, 0.15) is 0 Å². The van der Waals surface area contributed by atoms with Crippen molar-refractivity contribution in [1.82, 2.24) is 9.78 Å². The van der Waals surface area contributed by atoms with Crippen LogP contribution in [0.3, 0.4) is 0 Å². The molecule has 0 unspecified atom stereocenters. The number of halogens is 4. The van der Waals surface area contributed by atoms with Crippen LogP contribution in [0.4, 0.5) is 14.5 Å². The van der Waals surface area contributed by atoms with Gasteiger partial charge in [0, 0.05) is 21.2 Å². The van der Waals surface area contributed by atoms with E-state index >= 15 is 0 Å². The monoisotopic (exact) mass is 469 g/mol. The number of hydrogen-bond donors (Lipinski definition) is 1. The second-order valence-corrected chi connectivity index (χ2v) is 7.42. The zero-order valence-electron chi connectivity index (χ0n) is 16.9. The minimum absolute atomic E-state index is 0.0189. The summed E-state index contributed by atoms with van der Waals surface area (Å²) in [7, 11) is 1.30. The highest BCUT2D eigenvalue weighted by Gasteiger charge is 2.19. The molecule has 10 heteroatoms.